The average Bonchev–Trinajstić information content (AvgIpc) is 2.37. The first kappa shape index (κ1) is 13.8. The highest BCUT2D eigenvalue weighted by molar-refractivity contribution is 5.30. The van der Waals surface area contributed by atoms with Gasteiger partial charge in [0.2, 0.25) is 0 Å². The molecule has 4 heteroatoms. The van der Waals surface area contributed by atoms with E-state index < -0.39 is 0 Å². The minimum absolute atomic E-state index is 0.0488. The van der Waals surface area contributed by atoms with Crippen molar-refractivity contribution in [1.82, 2.24) is 0 Å². The Morgan fingerprint density at radius 3 is 2.85 bits per heavy atom. The zero-order chi connectivity index (χ0) is 14.2. The molecule has 3 rings (SSSR count). The first-order valence-electron chi connectivity index (χ1n) is 7.44. The van der Waals surface area contributed by atoms with Crippen molar-refractivity contribution in [2.24, 2.45) is 5.73 Å². The van der Waals surface area contributed by atoms with Crippen LogP contribution in [0.4, 0.5) is 4.39 Å². The smallest absolute Gasteiger partial charge is 0.131 e. The van der Waals surface area contributed by atoms with E-state index in [2.05, 4.69) is 0 Å². The Morgan fingerprint density at radius 1 is 1.45 bits per heavy atom. The Hall–Kier alpha value is -1.13. The minimum atomic E-state index is -0.301. The van der Waals surface area contributed by atoms with Crippen LogP contribution in [-0.4, -0.2) is 18.3 Å². The highest BCUT2D eigenvalue weighted by atomic mass is 19.1. The molecular weight excluding hydrogens is 257 g/mol. The highest BCUT2D eigenvalue weighted by Gasteiger charge is 2.43. The summed E-state index contributed by atoms with van der Waals surface area (Å²) in [4.78, 5) is 0. The monoisotopic (exact) mass is 279 g/mol. The second-order valence-corrected chi connectivity index (χ2v) is 6.09. The van der Waals surface area contributed by atoms with Gasteiger partial charge in [0, 0.05) is 30.5 Å². The largest absolute Gasteiger partial charge is 0.490 e. The fraction of sp³-hybridized carbons (Fsp3) is 0.625. The van der Waals surface area contributed by atoms with Crippen molar-refractivity contribution in [1.29, 1.82) is 0 Å². The van der Waals surface area contributed by atoms with Crippen molar-refractivity contribution in [2.45, 2.75) is 56.8 Å². The van der Waals surface area contributed by atoms with Gasteiger partial charge in [-0.15, -0.1) is 0 Å². The summed E-state index contributed by atoms with van der Waals surface area (Å²) < 4.78 is 25.7. The van der Waals surface area contributed by atoms with Crippen molar-refractivity contribution in [2.75, 3.05) is 6.61 Å². The lowest BCUT2D eigenvalue weighted by Crippen LogP contribution is -2.48. The predicted octanol–water partition coefficient (Wildman–Crippen LogP) is 3.33. The second-order valence-electron chi connectivity index (χ2n) is 6.09. The number of hydrogen-bond acceptors (Lipinski definition) is 3. The van der Waals surface area contributed by atoms with Crippen LogP contribution in [0.2, 0.25) is 0 Å². The van der Waals surface area contributed by atoms with Gasteiger partial charge in [0.15, 0.2) is 0 Å². The van der Waals surface area contributed by atoms with Crippen LogP contribution in [0.25, 0.3) is 0 Å². The fourth-order valence-corrected chi connectivity index (χ4v) is 3.15. The van der Waals surface area contributed by atoms with E-state index in [1.807, 2.05) is 6.07 Å². The summed E-state index contributed by atoms with van der Waals surface area (Å²) in [7, 11) is 0. The standard InChI is InChI=1S/C16H22FNO2/c1-11(18)14-4-3-12(9-15(14)17)20-13-5-8-19-16(10-13)6-2-7-16/h3-4,9,11,13H,2,5-8,10,18H2,1H3/t11-,13?/m0/s1. The number of hydrogen-bond donors (Lipinski definition) is 1. The molecule has 1 heterocycles. The lowest BCUT2D eigenvalue weighted by molar-refractivity contribution is -0.153. The summed E-state index contributed by atoms with van der Waals surface area (Å²) in [6.07, 6.45) is 5.42. The normalized spacial score (nSPS) is 26.1. The van der Waals surface area contributed by atoms with Crippen molar-refractivity contribution < 1.29 is 13.9 Å². The van der Waals surface area contributed by atoms with Crippen LogP contribution in [0, 0.1) is 5.82 Å². The zero-order valence-electron chi connectivity index (χ0n) is 11.9. The third kappa shape index (κ3) is 2.67. The maximum atomic E-state index is 13.9. The molecule has 0 bridgehead atoms. The molecule has 20 heavy (non-hydrogen) atoms. The van der Waals surface area contributed by atoms with Crippen molar-refractivity contribution in [3.63, 3.8) is 0 Å². The lowest BCUT2D eigenvalue weighted by Gasteiger charge is -2.46. The Labute approximate surface area is 119 Å². The van der Waals surface area contributed by atoms with Gasteiger partial charge in [-0.05, 0) is 32.3 Å². The molecule has 2 aliphatic rings. The first-order valence-corrected chi connectivity index (χ1v) is 7.44. The zero-order valence-corrected chi connectivity index (χ0v) is 11.9. The molecule has 1 aromatic rings. The lowest BCUT2D eigenvalue weighted by atomic mass is 9.74. The molecule has 2 atom stereocenters. The maximum absolute atomic E-state index is 13.9. The van der Waals surface area contributed by atoms with Crippen LogP contribution in [0.3, 0.4) is 0 Å². The summed E-state index contributed by atoms with van der Waals surface area (Å²) >= 11 is 0. The number of halogens is 1. The van der Waals surface area contributed by atoms with Gasteiger partial charge < -0.3 is 15.2 Å². The molecule has 1 saturated heterocycles. The van der Waals surface area contributed by atoms with E-state index in [-0.39, 0.29) is 23.6 Å². The van der Waals surface area contributed by atoms with E-state index in [0.717, 1.165) is 32.3 Å². The number of rotatable bonds is 3. The van der Waals surface area contributed by atoms with E-state index in [1.54, 1.807) is 13.0 Å². The molecule has 0 aromatic heterocycles. The summed E-state index contributed by atoms with van der Waals surface area (Å²) in [6.45, 7) is 2.52. The van der Waals surface area contributed by atoms with Gasteiger partial charge in [-0.3, -0.25) is 0 Å². The summed E-state index contributed by atoms with van der Waals surface area (Å²) in [5.74, 6) is 0.302. The maximum Gasteiger partial charge on any atom is 0.131 e. The molecule has 1 aliphatic heterocycles. The first-order chi connectivity index (χ1) is 9.58. The molecule has 1 saturated carbocycles. The van der Waals surface area contributed by atoms with Gasteiger partial charge in [0.1, 0.15) is 17.7 Å². The molecule has 3 nitrogen and oxygen atoms in total. The van der Waals surface area contributed by atoms with Crippen LogP contribution in [0.5, 0.6) is 5.75 Å². The molecule has 1 aromatic carbocycles. The number of benzene rings is 1. The third-order valence-corrected chi connectivity index (χ3v) is 4.48. The van der Waals surface area contributed by atoms with Gasteiger partial charge in [0.25, 0.3) is 0 Å². The summed E-state index contributed by atoms with van der Waals surface area (Å²) in [5.41, 5.74) is 6.29. The predicted molar refractivity (Wildman–Crippen MR) is 75.2 cm³/mol. The van der Waals surface area contributed by atoms with E-state index >= 15 is 0 Å². The number of ether oxygens (including phenoxy) is 2. The second kappa shape index (κ2) is 5.34. The Bertz CT molecular complexity index is 485. The molecule has 1 aliphatic carbocycles. The Balaban J connectivity index is 1.67. The molecule has 0 radical (unpaired) electrons. The van der Waals surface area contributed by atoms with Crippen LogP contribution in [0.15, 0.2) is 18.2 Å². The van der Waals surface area contributed by atoms with Gasteiger partial charge in [-0.25, -0.2) is 4.39 Å². The fourth-order valence-electron chi connectivity index (χ4n) is 3.15. The molecule has 0 amide bonds. The third-order valence-electron chi connectivity index (χ3n) is 4.48. The van der Waals surface area contributed by atoms with Crippen molar-refractivity contribution in [3.05, 3.63) is 29.6 Å². The Kier molecular flexibility index (Phi) is 3.69. The minimum Gasteiger partial charge on any atom is -0.490 e. The van der Waals surface area contributed by atoms with E-state index in [9.17, 15) is 4.39 Å². The van der Waals surface area contributed by atoms with Crippen LogP contribution < -0.4 is 10.5 Å². The van der Waals surface area contributed by atoms with Crippen LogP contribution in [-0.2, 0) is 4.74 Å². The van der Waals surface area contributed by atoms with Crippen molar-refractivity contribution in [3.8, 4) is 5.75 Å². The Morgan fingerprint density at radius 2 is 2.25 bits per heavy atom. The SMILES string of the molecule is C[C@H](N)c1ccc(OC2CCOC3(CCC3)C2)cc1F. The summed E-state index contributed by atoms with van der Waals surface area (Å²) in [5, 5.41) is 0. The van der Waals surface area contributed by atoms with Gasteiger partial charge in [-0.1, -0.05) is 6.07 Å². The highest BCUT2D eigenvalue weighted by Crippen LogP contribution is 2.43. The number of nitrogens with two attached hydrogens (primary N) is 1. The molecular formula is C16H22FNO2. The molecule has 2 N–H and O–H groups in total. The van der Waals surface area contributed by atoms with Crippen LogP contribution >= 0.6 is 0 Å². The van der Waals surface area contributed by atoms with Crippen molar-refractivity contribution >= 4 is 0 Å². The molecule has 1 spiro atoms. The average molecular weight is 279 g/mol. The van der Waals surface area contributed by atoms with Gasteiger partial charge in [-0.2, -0.15) is 0 Å². The molecule has 1 unspecified atom stereocenters. The molecule has 110 valence electrons. The quantitative estimate of drug-likeness (QED) is 0.923. The van der Waals surface area contributed by atoms with Gasteiger partial charge in [0.05, 0.1) is 12.2 Å². The van der Waals surface area contributed by atoms with E-state index in [0.29, 0.717) is 11.3 Å². The van der Waals surface area contributed by atoms with Gasteiger partial charge >= 0.3 is 0 Å². The summed E-state index contributed by atoms with van der Waals surface area (Å²) in [6, 6.07) is 4.67. The van der Waals surface area contributed by atoms with Crippen LogP contribution in [0.1, 0.15) is 50.6 Å². The van der Waals surface area contributed by atoms with E-state index in [4.69, 9.17) is 15.2 Å². The molecule has 2 fully saturated rings. The van der Waals surface area contributed by atoms with E-state index in [1.165, 1.54) is 12.5 Å². The topological polar surface area (TPSA) is 44.5 Å².